The number of methoxy groups -OCH3 is 2. The van der Waals surface area contributed by atoms with Crippen molar-refractivity contribution >= 4 is 72.2 Å². The molecule has 2 aromatic heterocycles. The average Bonchev–Trinajstić information content (AvgIpc) is 3.45. The number of likely N-dealkylation sites (tertiary alicyclic amines) is 1. The van der Waals surface area contributed by atoms with E-state index in [1.165, 1.54) is 43.2 Å². The Morgan fingerprint density at radius 1 is 1.06 bits per heavy atom. The maximum atomic E-state index is 14.3. The summed E-state index contributed by atoms with van der Waals surface area (Å²) >= 11 is 13.5. The van der Waals surface area contributed by atoms with E-state index in [0.717, 1.165) is 49.7 Å². The van der Waals surface area contributed by atoms with Gasteiger partial charge in [0.2, 0.25) is 0 Å². The molecule has 1 saturated heterocycles. The lowest BCUT2D eigenvalue weighted by molar-refractivity contribution is 0.148. The van der Waals surface area contributed by atoms with Crippen molar-refractivity contribution in [3.8, 4) is 11.5 Å². The minimum Gasteiger partial charge on any atom is -0.495 e. The Kier molecular flexibility index (Phi) is 12.6. The SMILES string of the molecule is CCN1CCC(n2cc(N)c(N(C(=O)O)c3cc(N(C)C(=O)N(COCC[Si](C)(C)C)c4c(Cl)c(OC)cc(OC)c4Cl)ncn3)n2)CC1. The highest BCUT2D eigenvalue weighted by Crippen LogP contribution is 2.46. The zero-order valence-corrected chi connectivity index (χ0v) is 31.5. The highest BCUT2D eigenvalue weighted by atomic mass is 35.5. The van der Waals surface area contributed by atoms with Crippen LogP contribution in [-0.4, -0.2) is 104 Å². The zero-order valence-electron chi connectivity index (χ0n) is 28.9. The van der Waals surface area contributed by atoms with Crippen LogP contribution in [-0.2, 0) is 4.74 Å². The summed E-state index contributed by atoms with van der Waals surface area (Å²) in [5, 5.41) is 15.0. The van der Waals surface area contributed by atoms with Crippen LogP contribution in [0.15, 0.2) is 24.7 Å². The standard InChI is InChI=1S/C31H45Cl2N9O6Si/c1-8-39-11-9-20(10-12-39)41-17-21(34)29(37-41)42(31(44)45)25-16-24(35-18-36-25)38(2)30(43)40(19-48-13-14-49(5,6)7)28-26(32)22(46-3)15-23(47-4)27(28)33/h15-18,20H,8-14,19,34H2,1-7H3,(H,44,45). The highest BCUT2D eigenvalue weighted by Gasteiger charge is 2.32. The molecule has 0 radical (unpaired) electrons. The number of piperidine rings is 1. The summed E-state index contributed by atoms with van der Waals surface area (Å²) in [6.07, 6.45) is 3.15. The minimum absolute atomic E-state index is 0.00325. The molecule has 3 aromatic rings. The molecule has 0 bridgehead atoms. The number of amides is 3. The number of urea groups is 1. The van der Waals surface area contributed by atoms with Crippen molar-refractivity contribution < 1.29 is 28.9 Å². The van der Waals surface area contributed by atoms with Gasteiger partial charge in [0.05, 0.1) is 37.8 Å². The number of hydrogen-bond donors (Lipinski definition) is 2. The number of carbonyl (C=O) groups excluding carboxylic acids is 1. The number of nitrogen functional groups attached to an aromatic ring is 1. The Balaban J connectivity index is 1.68. The van der Waals surface area contributed by atoms with Gasteiger partial charge in [-0.3, -0.25) is 14.5 Å². The number of benzene rings is 1. The molecule has 18 heteroatoms. The van der Waals surface area contributed by atoms with Gasteiger partial charge in [-0.05, 0) is 25.4 Å². The molecule has 1 aliphatic heterocycles. The van der Waals surface area contributed by atoms with E-state index in [9.17, 15) is 14.7 Å². The second-order valence-corrected chi connectivity index (χ2v) is 19.2. The number of ether oxygens (including phenoxy) is 3. The van der Waals surface area contributed by atoms with Crippen LogP contribution in [0.2, 0.25) is 35.7 Å². The molecule has 3 amide bonds. The molecule has 1 aromatic carbocycles. The van der Waals surface area contributed by atoms with Crippen molar-refractivity contribution in [2.75, 3.05) is 74.7 Å². The number of carbonyl (C=O) groups is 2. The first-order valence-corrected chi connectivity index (χ1v) is 20.3. The molecule has 0 atom stereocenters. The number of carboxylic acid groups (broad SMARTS) is 1. The van der Waals surface area contributed by atoms with Gasteiger partial charge in [0.15, 0.2) is 5.82 Å². The van der Waals surface area contributed by atoms with Crippen molar-refractivity contribution in [1.82, 2.24) is 24.6 Å². The van der Waals surface area contributed by atoms with E-state index in [1.54, 1.807) is 10.9 Å². The molecule has 3 N–H and O–H groups in total. The molecule has 1 fully saturated rings. The van der Waals surface area contributed by atoms with Crippen LogP contribution in [0.25, 0.3) is 0 Å². The maximum absolute atomic E-state index is 14.3. The van der Waals surface area contributed by atoms with E-state index in [1.807, 2.05) is 0 Å². The van der Waals surface area contributed by atoms with Crippen LogP contribution in [0.1, 0.15) is 25.8 Å². The lowest BCUT2D eigenvalue weighted by atomic mass is 10.1. The first-order valence-electron chi connectivity index (χ1n) is 15.9. The van der Waals surface area contributed by atoms with Crippen LogP contribution >= 0.6 is 23.2 Å². The molecular formula is C31H45Cl2N9O6Si. The van der Waals surface area contributed by atoms with Gasteiger partial charge >= 0.3 is 12.1 Å². The van der Waals surface area contributed by atoms with Gasteiger partial charge in [0, 0.05) is 47.0 Å². The van der Waals surface area contributed by atoms with Crippen LogP contribution in [0.4, 0.5) is 38.4 Å². The maximum Gasteiger partial charge on any atom is 0.419 e. The van der Waals surface area contributed by atoms with E-state index in [-0.39, 0.29) is 63.1 Å². The fourth-order valence-electron chi connectivity index (χ4n) is 5.34. The number of nitrogens with zero attached hydrogens (tertiary/aromatic N) is 8. The average molecular weight is 739 g/mol. The number of aromatic nitrogens is 4. The van der Waals surface area contributed by atoms with Crippen molar-refractivity contribution in [1.29, 1.82) is 0 Å². The Hall–Kier alpha value is -3.83. The molecule has 268 valence electrons. The first-order chi connectivity index (χ1) is 23.2. The van der Waals surface area contributed by atoms with Gasteiger partial charge in [0.1, 0.15) is 46.2 Å². The topological polar surface area (TPSA) is 165 Å². The predicted octanol–water partition coefficient (Wildman–Crippen LogP) is 6.43. The summed E-state index contributed by atoms with van der Waals surface area (Å²) in [7, 11) is 2.89. The number of rotatable bonds is 13. The fourth-order valence-corrected chi connectivity index (χ4v) is 6.80. The fraction of sp³-hybridized carbons (Fsp3) is 0.516. The number of anilines is 5. The minimum atomic E-state index is -1.45. The monoisotopic (exact) mass is 737 g/mol. The summed E-state index contributed by atoms with van der Waals surface area (Å²) in [5.74, 6) is 0.473. The summed E-state index contributed by atoms with van der Waals surface area (Å²) in [4.78, 5) is 41.0. The third-order valence-corrected chi connectivity index (χ3v) is 10.7. The lowest BCUT2D eigenvalue weighted by Gasteiger charge is -2.31. The Morgan fingerprint density at radius 3 is 2.22 bits per heavy atom. The summed E-state index contributed by atoms with van der Waals surface area (Å²) in [6, 6.07) is 3.16. The zero-order chi connectivity index (χ0) is 36.0. The van der Waals surface area contributed by atoms with Gasteiger partial charge in [0.25, 0.3) is 0 Å². The van der Waals surface area contributed by atoms with Crippen molar-refractivity contribution in [2.45, 2.75) is 51.5 Å². The quantitative estimate of drug-likeness (QED) is 0.113. The Morgan fingerprint density at radius 2 is 1.67 bits per heavy atom. The first kappa shape index (κ1) is 38.0. The molecule has 49 heavy (non-hydrogen) atoms. The molecule has 0 unspecified atom stereocenters. The van der Waals surface area contributed by atoms with E-state index < -0.39 is 20.2 Å². The lowest BCUT2D eigenvalue weighted by Crippen LogP contribution is -2.43. The molecule has 0 saturated carbocycles. The summed E-state index contributed by atoms with van der Waals surface area (Å²) < 4.78 is 18.6. The van der Waals surface area contributed by atoms with E-state index >= 15 is 0 Å². The normalized spacial score (nSPS) is 14.1. The van der Waals surface area contributed by atoms with Crippen molar-refractivity contribution in [3.05, 3.63) is 34.7 Å². The molecular weight excluding hydrogens is 693 g/mol. The second-order valence-electron chi connectivity index (χ2n) is 12.8. The van der Waals surface area contributed by atoms with Crippen molar-refractivity contribution in [2.24, 2.45) is 0 Å². The molecule has 0 spiro atoms. The second kappa shape index (κ2) is 16.2. The third-order valence-electron chi connectivity index (χ3n) is 8.29. The largest absolute Gasteiger partial charge is 0.495 e. The van der Waals surface area contributed by atoms with Gasteiger partial charge in [-0.1, -0.05) is 49.8 Å². The van der Waals surface area contributed by atoms with E-state index in [2.05, 4.69) is 46.5 Å². The predicted molar refractivity (Wildman–Crippen MR) is 194 cm³/mol. The Labute approximate surface area is 297 Å². The van der Waals surface area contributed by atoms with Gasteiger partial charge < -0.3 is 30.0 Å². The highest BCUT2D eigenvalue weighted by molar-refractivity contribution is 6.76. The number of hydrogen-bond acceptors (Lipinski definition) is 10. The number of nitrogens with two attached hydrogens (primary N) is 1. The Bertz CT molecular complexity index is 1600. The van der Waals surface area contributed by atoms with Crippen LogP contribution in [0.5, 0.6) is 11.5 Å². The molecule has 1 aliphatic rings. The van der Waals surface area contributed by atoms with Gasteiger partial charge in [-0.25, -0.2) is 24.5 Å². The summed E-state index contributed by atoms with van der Waals surface area (Å²) in [6.45, 7) is 11.7. The molecule has 4 rings (SSSR count). The van der Waals surface area contributed by atoms with Crippen LogP contribution < -0.4 is 29.9 Å². The van der Waals surface area contributed by atoms with Crippen LogP contribution in [0.3, 0.4) is 0 Å². The molecule has 0 aliphatic carbocycles. The van der Waals surface area contributed by atoms with E-state index in [4.69, 9.17) is 43.1 Å². The van der Waals surface area contributed by atoms with Crippen LogP contribution in [0, 0.1) is 0 Å². The number of halogens is 2. The smallest absolute Gasteiger partial charge is 0.419 e. The molecule has 15 nitrogen and oxygen atoms in total. The summed E-state index contributed by atoms with van der Waals surface area (Å²) in [5.41, 5.74) is 6.59. The van der Waals surface area contributed by atoms with Crippen molar-refractivity contribution in [3.63, 3.8) is 0 Å². The third kappa shape index (κ3) is 8.86. The van der Waals surface area contributed by atoms with Gasteiger partial charge in [-0.2, -0.15) is 5.10 Å². The van der Waals surface area contributed by atoms with E-state index in [0.29, 0.717) is 6.61 Å². The molecule has 3 heterocycles. The van der Waals surface area contributed by atoms with Gasteiger partial charge in [-0.15, -0.1) is 0 Å².